The highest BCUT2D eigenvalue weighted by atomic mass is 16.3. The first-order valence-electron chi connectivity index (χ1n) is 4.84. The van der Waals surface area contributed by atoms with E-state index in [0.717, 1.165) is 12.8 Å². The first-order valence-corrected chi connectivity index (χ1v) is 4.84. The molecule has 72 valence electrons. The maximum absolute atomic E-state index is 9.68. The molecule has 2 atom stereocenters. The van der Waals surface area contributed by atoms with E-state index >= 15 is 0 Å². The Morgan fingerprint density at radius 2 is 1.83 bits per heavy atom. The molecule has 0 heterocycles. The normalized spacial score (nSPS) is 31.5. The third-order valence-electron chi connectivity index (χ3n) is 3.00. The minimum Gasteiger partial charge on any atom is -0.391 e. The van der Waals surface area contributed by atoms with Crippen LogP contribution in [0.2, 0.25) is 0 Å². The van der Waals surface area contributed by atoms with Crippen LogP contribution in [0.15, 0.2) is 0 Å². The molecule has 0 aromatic rings. The summed E-state index contributed by atoms with van der Waals surface area (Å²) in [4.78, 5) is 2.30. The number of rotatable bonds is 1. The zero-order valence-electron chi connectivity index (χ0n) is 8.67. The van der Waals surface area contributed by atoms with Crippen molar-refractivity contribution >= 4 is 0 Å². The Morgan fingerprint density at radius 3 is 2.17 bits per heavy atom. The number of aliphatic hydroxyl groups excluding tert-OH is 1. The van der Waals surface area contributed by atoms with Gasteiger partial charge in [-0.1, -0.05) is 0 Å². The fourth-order valence-electron chi connectivity index (χ4n) is 1.87. The summed E-state index contributed by atoms with van der Waals surface area (Å²) in [6.45, 7) is 6.58. The van der Waals surface area contributed by atoms with Gasteiger partial charge in [-0.2, -0.15) is 0 Å². The van der Waals surface area contributed by atoms with Gasteiger partial charge in [0.2, 0.25) is 0 Å². The Labute approximate surface area is 75.6 Å². The van der Waals surface area contributed by atoms with Gasteiger partial charge in [-0.25, -0.2) is 0 Å². The second kappa shape index (κ2) is 3.35. The summed E-state index contributed by atoms with van der Waals surface area (Å²) >= 11 is 0. The highest BCUT2D eigenvalue weighted by Crippen LogP contribution is 2.27. The lowest BCUT2D eigenvalue weighted by Crippen LogP contribution is -2.48. The molecule has 1 N–H and O–H groups in total. The fraction of sp³-hybridized carbons (Fsp3) is 1.00. The Kier molecular flexibility index (Phi) is 2.79. The zero-order chi connectivity index (χ0) is 9.35. The van der Waals surface area contributed by atoms with Crippen LogP contribution in [0.1, 0.15) is 40.0 Å². The lowest BCUT2D eigenvalue weighted by atomic mass is 10.0. The molecule has 12 heavy (non-hydrogen) atoms. The molecule has 0 radical (unpaired) electrons. The fourth-order valence-corrected chi connectivity index (χ4v) is 1.87. The summed E-state index contributed by atoms with van der Waals surface area (Å²) in [5.74, 6) is 0. The van der Waals surface area contributed by atoms with Crippen LogP contribution >= 0.6 is 0 Å². The summed E-state index contributed by atoms with van der Waals surface area (Å²) in [6, 6.07) is 0.380. The SMILES string of the molecule is CN([C@@H]1CCC[C@H]1O)C(C)(C)C. The Bertz CT molecular complexity index is 150. The van der Waals surface area contributed by atoms with E-state index in [1.165, 1.54) is 6.42 Å². The van der Waals surface area contributed by atoms with Crippen molar-refractivity contribution in [2.45, 2.75) is 57.7 Å². The Morgan fingerprint density at radius 1 is 1.25 bits per heavy atom. The van der Waals surface area contributed by atoms with Crippen molar-refractivity contribution in [3.05, 3.63) is 0 Å². The highest BCUT2D eigenvalue weighted by Gasteiger charge is 2.33. The number of likely N-dealkylation sites (N-methyl/N-ethyl adjacent to an activating group) is 1. The average Bonchev–Trinajstić information content (AvgIpc) is 2.31. The van der Waals surface area contributed by atoms with Crippen LogP contribution in [-0.2, 0) is 0 Å². The average molecular weight is 171 g/mol. The van der Waals surface area contributed by atoms with E-state index in [9.17, 15) is 5.11 Å². The van der Waals surface area contributed by atoms with E-state index in [2.05, 4.69) is 32.7 Å². The second-order valence-corrected chi connectivity index (χ2v) is 4.85. The van der Waals surface area contributed by atoms with Gasteiger partial charge in [-0.15, -0.1) is 0 Å². The Balaban J connectivity index is 2.57. The topological polar surface area (TPSA) is 23.5 Å². The van der Waals surface area contributed by atoms with E-state index in [4.69, 9.17) is 0 Å². The quantitative estimate of drug-likeness (QED) is 0.648. The van der Waals surface area contributed by atoms with Crippen LogP contribution in [0.5, 0.6) is 0 Å². The first-order chi connectivity index (χ1) is 5.43. The molecule has 0 bridgehead atoms. The standard InChI is InChI=1S/C10H21NO/c1-10(2,3)11(4)8-6-5-7-9(8)12/h8-9,12H,5-7H2,1-4H3/t8-,9-/m1/s1. The number of hydrogen-bond donors (Lipinski definition) is 1. The number of aliphatic hydroxyl groups is 1. The van der Waals surface area contributed by atoms with E-state index in [-0.39, 0.29) is 11.6 Å². The van der Waals surface area contributed by atoms with Gasteiger partial charge in [0.1, 0.15) is 0 Å². The molecule has 1 saturated carbocycles. The molecule has 0 aliphatic heterocycles. The monoisotopic (exact) mass is 171 g/mol. The maximum atomic E-state index is 9.68. The summed E-state index contributed by atoms with van der Waals surface area (Å²) in [5.41, 5.74) is 0.177. The van der Waals surface area contributed by atoms with Gasteiger partial charge < -0.3 is 5.11 Å². The number of nitrogens with zero attached hydrogens (tertiary/aromatic N) is 1. The predicted molar refractivity (Wildman–Crippen MR) is 51.2 cm³/mol. The molecule has 1 fully saturated rings. The zero-order valence-corrected chi connectivity index (χ0v) is 8.67. The van der Waals surface area contributed by atoms with Crippen molar-refractivity contribution in [1.29, 1.82) is 0 Å². The summed E-state index contributed by atoms with van der Waals surface area (Å²) < 4.78 is 0. The maximum Gasteiger partial charge on any atom is 0.0695 e. The molecule has 0 amide bonds. The van der Waals surface area contributed by atoms with Gasteiger partial charge >= 0.3 is 0 Å². The Hall–Kier alpha value is -0.0800. The van der Waals surface area contributed by atoms with Crippen LogP contribution in [0.4, 0.5) is 0 Å². The highest BCUT2D eigenvalue weighted by molar-refractivity contribution is 4.88. The number of hydrogen-bond acceptors (Lipinski definition) is 2. The van der Waals surface area contributed by atoms with Crippen LogP contribution in [0, 0.1) is 0 Å². The minimum atomic E-state index is -0.103. The van der Waals surface area contributed by atoms with Crippen molar-refractivity contribution in [2.24, 2.45) is 0 Å². The van der Waals surface area contributed by atoms with Crippen molar-refractivity contribution in [3.63, 3.8) is 0 Å². The lowest BCUT2D eigenvalue weighted by Gasteiger charge is -2.38. The van der Waals surface area contributed by atoms with Crippen LogP contribution < -0.4 is 0 Å². The smallest absolute Gasteiger partial charge is 0.0695 e. The molecule has 0 aromatic heterocycles. The van der Waals surface area contributed by atoms with Gasteiger partial charge in [0.05, 0.1) is 6.10 Å². The molecule has 2 heteroatoms. The third-order valence-corrected chi connectivity index (χ3v) is 3.00. The molecule has 0 unspecified atom stereocenters. The molecule has 0 aromatic carbocycles. The second-order valence-electron chi connectivity index (χ2n) is 4.85. The largest absolute Gasteiger partial charge is 0.391 e. The molecule has 2 nitrogen and oxygen atoms in total. The molecule has 1 rings (SSSR count). The van der Waals surface area contributed by atoms with Crippen molar-refractivity contribution in [2.75, 3.05) is 7.05 Å². The van der Waals surface area contributed by atoms with Crippen LogP contribution in [0.25, 0.3) is 0 Å². The summed E-state index contributed by atoms with van der Waals surface area (Å²) in [7, 11) is 2.11. The van der Waals surface area contributed by atoms with Gasteiger partial charge in [-0.3, -0.25) is 4.90 Å². The molecular formula is C10H21NO. The van der Waals surface area contributed by atoms with Gasteiger partial charge in [0, 0.05) is 11.6 Å². The molecule has 1 aliphatic rings. The first kappa shape index (κ1) is 10.0. The van der Waals surface area contributed by atoms with E-state index < -0.39 is 0 Å². The summed E-state index contributed by atoms with van der Waals surface area (Å²) in [5, 5.41) is 9.68. The van der Waals surface area contributed by atoms with Gasteiger partial charge in [-0.05, 0) is 47.1 Å². The predicted octanol–water partition coefficient (Wildman–Crippen LogP) is 1.63. The van der Waals surface area contributed by atoms with Gasteiger partial charge in [0.25, 0.3) is 0 Å². The van der Waals surface area contributed by atoms with Gasteiger partial charge in [0.15, 0.2) is 0 Å². The third kappa shape index (κ3) is 1.99. The molecular weight excluding hydrogens is 150 g/mol. The van der Waals surface area contributed by atoms with E-state index in [1.807, 2.05) is 0 Å². The molecule has 0 saturated heterocycles. The van der Waals surface area contributed by atoms with Crippen molar-refractivity contribution in [1.82, 2.24) is 4.90 Å². The molecule has 1 aliphatic carbocycles. The van der Waals surface area contributed by atoms with Crippen molar-refractivity contribution in [3.8, 4) is 0 Å². The minimum absolute atomic E-state index is 0.103. The van der Waals surface area contributed by atoms with E-state index in [0.29, 0.717) is 6.04 Å². The molecule has 0 spiro atoms. The summed E-state index contributed by atoms with van der Waals surface area (Å²) in [6.07, 6.45) is 3.20. The van der Waals surface area contributed by atoms with Crippen LogP contribution in [0.3, 0.4) is 0 Å². The van der Waals surface area contributed by atoms with Crippen LogP contribution in [-0.4, -0.2) is 34.7 Å². The van der Waals surface area contributed by atoms with Crippen molar-refractivity contribution < 1.29 is 5.11 Å². The lowest BCUT2D eigenvalue weighted by molar-refractivity contribution is 0.0358. The van der Waals surface area contributed by atoms with E-state index in [1.54, 1.807) is 0 Å².